The molecule has 0 fully saturated rings. The lowest BCUT2D eigenvalue weighted by Crippen LogP contribution is -2.37. The lowest BCUT2D eigenvalue weighted by Gasteiger charge is -2.19. The van der Waals surface area contributed by atoms with E-state index in [1.165, 1.54) is 6.07 Å². The Morgan fingerprint density at radius 3 is 2.22 bits per heavy atom. The van der Waals surface area contributed by atoms with Crippen LogP contribution in [0.1, 0.15) is 33.2 Å². The molecule has 0 radical (unpaired) electrons. The van der Waals surface area contributed by atoms with Gasteiger partial charge in [-0.05, 0) is 24.6 Å². The second-order valence-corrected chi connectivity index (χ2v) is 8.00. The van der Waals surface area contributed by atoms with E-state index in [9.17, 15) is 14.4 Å². The normalized spacial score (nSPS) is 11.8. The van der Waals surface area contributed by atoms with Crippen molar-refractivity contribution in [2.75, 3.05) is 10.6 Å². The van der Waals surface area contributed by atoms with E-state index in [2.05, 4.69) is 15.7 Å². The van der Waals surface area contributed by atoms with Gasteiger partial charge in [0.15, 0.2) is 0 Å². The highest BCUT2D eigenvalue weighted by molar-refractivity contribution is 6.33. The Kier molecular flexibility index (Phi) is 7.43. The van der Waals surface area contributed by atoms with E-state index in [0.717, 1.165) is 10.2 Å². The van der Waals surface area contributed by atoms with E-state index < -0.39 is 17.5 Å². The molecule has 1 atom stereocenters. The van der Waals surface area contributed by atoms with Crippen molar-refractivity contribution < 1.29 is 9.59 Å². The summed E-state index contributed by atoms with van der Waals surface area (Å²) in [6.07, 6.45) is 0.305. The average Bonchev–Trinajstić information content (AvgIpc) is 2.78. The molecule has 0 bridgehead atoms. The van der Waals surface area contributed by atoms with Crippen LogP contribution in [-0.2, 0) is 9.59 Å². The van der Waals surface area contributed by atoms with E-state index in [1.54, 1.807) is 45.0 Å². The van der Waals surface area contributed by atoms with Gasteiger partial charge in [-0.25, -0.2) is 4.68 Å². The van der Waals surface area contributed by atoms with Gasteiger partial charge in [-0.3, -0.25) is 14.4 Å². The molecule has 0 aliphatic heterocycles. The molecule has 3 rings (SSSR count). The first-order valence-corrected chi connectivity index (χ1v) is 10.7. The first kappa shape index (κ1) is 23.2. The fourth-order valence-electron chi connectivity index (χ4n) is 3.09. The Morgan fingerprint density at radius 2 is 1.59 bits per heavy atom. The lowest BCUT2D eigenvalue weighted by molar-refractivity contribution is -0.120. The Hall–Kier alpha value is -3.45. The molecule has 166 valence electrons. The summed E-state index contributed by atoms with van der Waals surface area (Å²) in [5.74, 6) is -1.05. The molecule has 3 aromatic rings. The molecule has 1 heterocycles. The summed E-state index contributed by atoms with van der Waals surface area (Å²) in [4.78, 5) is 38.6. The predicted octanol–water partition coefficient (Wildman–Crippen LogP) is 4.75. The smallest absolute Gasteiger partial charge is 0.291 e. The standard InChI is InChI=1S/C24H25ClN4O3/c1-4-21(23(31)26-18-13-9-8-12-17(18)25)29-24(32)20(27-22(30)15(2)3)14-19(28-29)16-10-6-5-7-11-16/h5-15,21H,4H2,1-3H3,(H,26,31)(H,27,30). The monoisotopic (exact) mass is 452 g/mol. The van der Waals surface area contributed by atoms with Gasteiger partial charge in [-0.2, -0.15) is 5.10 Å². The first-order chi connectivity index (χ1) is 15.3. The minimum atomic E-state index is -0.905. The van der Waals surface area contributed by atoms with Gasteiger partial charge in [0.2, 0.25) is 11.8 Å². The van der Waals surface area contributed by atoms with E-state index in [4.69, 9.17) is 11.6 Å². The van der Waals surface area contributed by atoms with Crippen LogP contribution in [0, 0.1) is 5.92 Å². The summed E-state index contributed by atoms with van der Waals surface area (Å²) in [7, 11) is 0. The van der Waals surface area contributed by atoms with Gasteiger partial charge in [0.25, 0.3) is 5.56 Å². The molecule has 7 nitrogen and oxygen atoms in total. The van der Waals surface area contributed by atoms with Gasteiger partial charge < -0.3 is 10.6 Å². The third-order valence-corrected chi connectivity index (χ3v) is 5.23. The topological polar surface area (TPSA) is 93.1 Å². The predicted molar refractivity (Wildman–Crippen MR) is 127 cm³/mol. The third kappa shape index (κ3) is 5.23. The molecule has 0 saturated heterocycles. The Morgan fingerprint density at radius 1 is 0.969 bits per heavy atom. The van der Waals surface area contributed by atoms with Crippen LogP contribution in [0.5, 0.6) is 0 Å². The number of hydrogen-bond donors (Lipinski definition) is 2. The van der Waals surface area contributed by atoms with Crippen LogP contribution in [0.2, 0.25) is 5.02 Å². The number of aromatic nitrogens is 2. The van der Waals surface area contributed by atoms with E-state index in [1.807, 2.05) is 30.3 Å². The van der Waals surface area contributed by atoms with Crippen molar-refractivity contribution in [2.24, 2.45) is 5.92 Å². The summed E-state index contributed by atoms with van der Waals surface area (Å²) in [6, 6.07) is 16.7. The zero-order valence-corrected chi connectivity index (χ0v) is 18.9. The molecule has 0 spiro atoms. The number of amides is 2. The maximum Gasteiger partial charge on any atom is 0.291 e. The maximum absolute atomic E-state index is 13.2. The molecule has 32 heavy (non-hydrogen) atoms. The molecular formula is C24H25ClN4O3. The van der Waals surface area contributed by atoms with Gasteiger partial charge in [-0.1, -0.05) is 74.8 Å². The zero-order valence-electron chi connectivity index (χ0n) is 18.1. The highest BCUT2D eigenvalue weighted by atomic mass is 35.5. The number of carbonyl (C=O) groups is 2. The van der Waals surface area contributed by atoms with Crippen molar-refractivity contribution in [2.45, 2.75) is 33.2 Å². The highest BCUT2D eigenvalue weighted by Gasteiger charge is 2.24. The number of carbonyl (C=O) groups excluding carboxylic acids is 2. The molecule has 2 aromatic carbocycles. The minimum absolute atomic E-state index is 0.0709. The summed E-state index contributed by atoms with van der Waals surface area (Å²) in [5.41, 5.74) is 1.18. The van der Waals surface area contributed by atoms with Crippen LogP contribution in [0.15, 0.2) is 65.5 Å². The molecule has 8 heteroatoms. The van der Waals surface area contributed by atoms with Crippen LogP contribution >= 0.6 is 11.6 Å². The van der Waals surface area contributed by atoms with Crippen LogP contribution in [-0.4, -0.2) is 21.6 Å². The molecule has 1 aromatic heterocycles. The van der Waals surface area contributed by atoms with Crippen molar-refractivity contribution >= 4 is 34.8 Å². The van der Waals surface area contributed by atoms with E-state index in [-0.39, 0.29) is 17.5 Å². The van der Waals surface area contributed by atoms with Crippen molar-refractivity contribution in [3.63, 3.8) is 0 Å². The number of nitrogens with one attached hydrogen (secondary N) is 2. The minimum Gasteiger partial charge on any atom is -0.323 e. The zero-order chi connectivity index (χ0) is 23.3. The number of anilines is 2. The number of nitrogens with zero attached hydrogens (tertiary/aromatic N) is 2. The summed E-state index contributed by atoms with van der Waals surface area (Å²) in [5, 5.41) is 10.3. The van der Waals surface area contributed by atoms with Gasteiger partial charge in [0.05, 0.1) is 16.4 Å². The quantitative estimate of drug-likeness (QED) is 0.541. The largest absolute Gasteiger partial charge is 0.323 e. The molecule has 1 unspecified atom stereocenters. The molecule has 0 saturated carbocycles. The van der Waals surface area contributed by atoms with Gasteiger partial charge in [-0.15, -0.1) is 0 Å². The van der Waals surface area contributed by atoms with Crippen LogP contribution < -0.4 is 16.2 Å². The van der Waals surface area contributed by atoms with Crippen molar-refractivity contribution in [1.29, 1.82) is 0 Å². The Labute approximate surface area is 191 Å². The number of benzene rings is 2. The lowest BCUT2D eigenvalue weighted by atomic mass is 10.1. The van der Waals surface area contributed by atoms with Crippen LogP contribution in [0.25, 0.3) is 11.3 Å². The Bertz CT molecular complexity index is 1180. The number of rotatable bonds is 7. The van der Waals surface area contributed by atoms with E-state index >= 15 is 0 Å². The van der Waals surface area contributed by atoms with Crippen LogP contribution in [0.4, 0.5) is 11.4 Å². The van der Waals surface area contributed by atoms with Crippen LogP contribution in [0.3, 0.4) is 0 Å². The summed E-state index contributed by atoms with van der Waals surface area (Å²) in [6.45, 7) is 5.25. The summed E-state index contributed by atoms with van der Waals surface area (Å²) >= 11 is 6.16. The van der Waals surface area contributed by atoms with Gasteiger partial charge >= 0.3 is 0 Å². The van der Waals surface area contributed by atoms with Crippen molar-refractivity contribution in [1.82, 2.24) is 9.78 Å². The molecule has 2 N–H and O–H groups in total. The maximum atomic E-state index is 13.2. The SMILES string of the molecule is CCC(C(=O)Nc1ccccc1Cl)n1nc(-c2ccccc2)cc(NC(=O)C(C)C)c1=O. The number of halogens is 1. The molecule has 2 amide bonds. The van der Waals surface area contributed by atoms with Crippen molar-refractivity contribution in [3.8, 4) is 11.3 Å². The molecular weight excluding hydrogens is 428 g/mol. The Balaban J connectivity index is 2.07. The second-order valence-electron chi connectivity index (χ2n) is 7.60. The van der Waals surface area contributed by atoms with Gasteiger partial charge in [0, 0.05) is 11.5 Å². The van der Waals surface area contributed by atoms with E-state index in [0.29, 0.717) is 22.8 Å². The first-order valence-electron chi connectivity index (χ1n) is 10.4. The second kappa shape index (κ2) is 10.2. The molecule has 0 aliphatic rings. The summed E-state index contributed by atoms with van der Waals surface area (Å²) < 4.78 is 1.13. The molecule has 0 aliphatic carbocycles. The third-order valence-electron chi connectivity index (χ3n) is 4.90. The highest BCUT2D eigenvalue weighted by Crippen LogP contribution is 2.24. The van der Waals surface area contributed by atoms with Gasteiger partial charge in [0.1, 0.15) is 11.7 Å². The number of hydrogen-bond acceptors (Lipinski definition) is 4. The van der Waals surface area contributed by atoms with Crippen molar-refractivity contribution in [3.05, 3.63) is 76.0 Å². The number of para-hydroxylation sites is 1. The fourth-order valence-corrected chi connectivity index (χ4v) is 3.27. The average molecular weight is 453 g/mol. The fraction of sp³-hybridized carbons (Fsp3) is 0.250.